The number of imidazole rings is 1. The van der Waals surface area contributed by atoms with Crippen LogP contribution in [0.25, 0.3) is 11.2 Å². The normalized spacial score (nSPS) is 30.0. The van der Waals surface area contributed by atoms with Crippen molar-refractivity contribution in [1.29, 1.82) is 0 Å². The Morgan fingerprint density at radius 3 is 2.70 bits per heavy atom. The third-order valence-corrected chi connectivity index (χ3v) is 3.46. The summed E-state index contributed by atoms with van der Waals surface area (Å²) in [6, 6.07) is 0. The monoisotopic (exact) mass is 280 g/mol. The lowest BCUT2D eigenvalue weighted by molar-refractivity contribution is -0.0286. The third-order valence-electron chi connectivity index (χ3n) is 3.46. The van der Waals surface area contributed by atoms with Crippen molar-refractivity contribution in [2.75, 3.05) is 18.1 Å². The highest BCUT2D eigenvalue weighted by molar-refractivity contribution is 5.84. The van der Waals surface area contributed by atoms with Gasteiger partial charge in [0.05, 0.1) is 6.10 Å². The summed E-state index contributed by atoms with van der Waals surface area (Å²) in [4.78, 5) is 12.3. The molecule has 0 spiro atoms. The molecule has 20 heavy (non-hydrogen) atoms. The summed E-state index contributed by atoms with van der Waals surface area (Å²) in [6.45, 7) is 1.69. The largest absolute Gasteiger partial charge is 0.388 e. The number of ether oxygens (including phenoxy) is 1. The van der Waals surface area contributed by atoms with Gasteiger partial charge < -0.3 is 26.0 Å². The second-order valence-electron chi connectivity index (χ2n) is 4.70. The van der Waals surface area contributed by atoms with Gasteiger partial charge in [0.2, 0.25) is 5.95 Å². The zero-order valence-electron chi connectivity index (χ0n) is 11.1. The van der Waals surface area contributed by atoms with Gasteiger partial charge in [-0.2, -0.15) is 0 Å². The number of fused-ring (bicyclic) bond motifs is 1. The average Bonchev–Trinajstić information content (AvgIpc) is 2.93. The van der Waals surface area contributed by atoms with Gasteiger partial charge in [-0.1, -0.05) is 0 Å². The van der Waals surface area contributed by atoms with Crippen LogP contribution < -0.4 is 11.1 Å². The number of nitrogens with one attached hydrogen (secondary N) is 1. The number of aliphatic hydroxyl groups is 2. The van der Waals surface area contributed by atoms with E-state index in [9.17, 15) is 10.2 Å². The number of aromatic nitrogens is 4. The molecule has 0 amide bonds. The lowest BCUT2D eigenvalue weighted by atomic mass is 10.1. The first-order chi connectivity index (χ1) is 9.54. The molecule has 2 aromatic rings. The fourth-order valence-electron chi connectivity index (χ4n) is 2.38. The molecule has 1 saturated heterocycles. The second kappa shape index (κ2) is 4.54. The Kier molecular flexibility index (Phi) is 2.96. The minimum absolute atomic E-state index is 0.242. The number of nitrogen functional groups attached to an aromatic ring is 1. The lowest BCUT2D eigenvalue weighted by Gasteiger charge is -2.18. The van der Waals surface area contributed by atoms with Gasteiger partial charge >= 0.3 is 0 Å². The van der Waals surface area contributed by atoms with E-state index in [1.807, 2.05) is 0 Å². The van der Waals surface area contributed by atoms with Crippen LogP contribution in [0.5, 0.6) is 0 Å². The Balaban J connectivity index is 2.18. The number of hydrogen-bond acceptors (Lipinski definition) is 8. The smallest absolute Gasteiger partial charge is 0.207 e. The van der Waals surface area contributed by atoms with E-state index >= 15 is 0 Å². The van der Waals surface area contributed by atoms with Crippen molar-refractivity contribution < 1.29 is 14.9 Å². The first-order valence-electron chi connectivity index (χ1n) is 6.22. The first kappa shape index (κ1) is 13.0. The summed E-state index contributed by atoms with van der Waals surface area (Å²) in [6.07, 6.45) is -2.01. The van der Waals surface area contributed by atoms with Crippen LogP contribution in [0.15, 0.2) is 6.33 Å². The van der Waals surface area contributed by atoms with Gasteiger partial charge in [0.15, 0.2) is 23.2 Å². The topological polar surface area (TPSA) is 131 Å². The van der Waals surface area contributed by atoms with Gasteiger partial charge in [-0.15, -0.1) is 0 Å². The molecule has 0 bridgehead atoms. The highest BCUT2D eigenvalue weighted by Crippen LogP contribution is 2.34. The molecule has 0 saturated carbocycles. The molecule has 0 aromatic carbocycles. The van der Waals surface area contributed by atoms with Gasteiger partial charge in [-0.25, -0.2) is 15.0 Å². The van der Waals surface area contributed by atoms with E-state index in [4.69, 9.17) is 10.5 Å². The number of rotatable bonds is 2. The van der Waals surface area contributed by atoms with Gasteiger partial charge in [0, 0.05) is 7.05 Å². The van der Waals surface area contributed by atoms with E-state index in [1.165, 1.54) is 6.33 Å². The van der Waals surface area contributed by atoms with Crippen LogP contribution in [0.1, 0.15) is 13.2 Å². The summed E-state index contributed by atoms with van der Waals surface area (Å²) < 4.78 is 7.18. The molecule has 1 aliphatic rings. The maximum atomic E-state index is 10.1. The molecule has 4 atom stereocenters. The molecular formula is C11H16N6O3. The number of hydrogen-bond donors (Lipinski definition) is 4. The molecule has 1 fully saturated rings. The summed E-state index contributed by atoms with van der Waals surface area (Å²) in [5, 5.41) is 22.9. The van der Waals surface area contributed by atoms with E-state index in [1.54, 1.807) is 18.5 Å². The fraction of sp³-hybridized carbons (Fsp3) is 0.545. The number of nitrogens with zero attached hydrogens (tertiary/aromatic N) is 4. The van der Waals surface area contributed by atoms with E-state index in [2.05, 4.69) is 20.3 Å². The predicted octanol–water partition coefficient (Wildman–Crippen LogP) is -0.911. The highest BCUT2D eigenvalue weighted by Gasteiger charge is 2.43. The summed E-state index contributed by atoms with van der Waals surface area (Å²) in [5.41, 5.74) is 6.63. The minimum Gasteiger partial charge on any atom is -0.388 e. The molecule has 5 N–H and O–H groups in total. The zero-order chi connectivity index (χ0) is 14.4. The molecular weight excluding hydrogens is 264 g/mol. The Morgan fingerprint density at radius 2 is 2.10 bits per heavy atom. The maximum absolute atomic E-state index is 10.1. The van der Waals surface area contributed by atoms with Crippen LogP contribution >= 0.6 is 0 Å². The summed E-state index contributed by atoms with van der Waals surface area (Å²) in [7, 11) is 1.68. The quantitative estimate of drug-likeness (QED) is 0.556. The number of anilines is 2. The Labute approximate surface area is 114 Å². The molecule has 0 aliphatic carbocycles. The van der Waals surface area contributed by atoms with Crippen molar-refractivity contribution in [1.82, 2.24) is 19.5 Å². The van der Waals surface area contributed by atoms with Gasteiger partial charge in [0.1, 0.15) is 18.5 Å². The van der Waals surface area contributed by atoms with Gasteiger partial charge in [-0.3, -0.25) is 4.57 Å². The standard InChI is InChI=1S/C11H16N6O3/c1-4-6(18)7(19)10(20-4)17-9-5(16-11(17)13-2)8(12)14-3-15-9/h3-4,6-7,10,18-19H,1-2H3,(H,13,16)(H2,12,14,15). The van der Waals surface area contributed by atoms with Crippen molar-refractivity contribution in [3.05, 3.63) is 6.33 Å². The fourth-order valence-corrected chi connectivity index (χ4v) is 2.38. The van der Waals surface area contributed by atoms with Crippen molar-refractivity contribution >= 4 is 22.9 Å². The van der Waals surface area contributed by atoms with Crippen LogP contribution in [0, 0.1) is 0 Å². The molecule has 2 aromatic heterocycles. The van der Waals surface area contributed by atoms with E-state index in [0.29, 0.717) is 17.1 Å². The molecule has 3 heterocycles. The second-order valence-corrected chi connectivity index (χ2v) is 4.70. The molecule has 4 unspecified atom stereocenters. The highest BCUT2D eigenvalue weighted by atomic mass is 16.6. The van der Waals surface area contributed by atoms with E-state index in [-0.39, 0.29) is 5.82 Å². The molecule has 108 valence electrons. The minimum atomic E-state index is -1.08. The Morgan fingerprint density at radius 1 is 1.35 bits per heavy atom. The van der Waals surface area contributed by atoms with E-state index < -0.39 is 24.5 Å². The first-order valence-corrected chi connectivity index (χ1v) is 6.22. The van der Waals surface area contributed by atoms with Crippen molar-refractivity contribution in [2.24, 2.45) is 0 Å². The van der Waals surface area contributed by atoms with Crippen molar-refractivity contribution in [3.63, 3.8) is 0 Å². The van der Waals surface area contributed by atoms with Crippen LogP contribution in [0.2, 0.25) is 0 Å². The molecule has 9 nitrogen and oxygen atoms in total. The third kappa shape index (κ3) is 1.71. The maximum Gasteiger partial charge on any atom is 0.207 e. The molecule has 9 heteroatoms. The molecule has 1 aliphatic heterocycles. The lowest BCUT2D eigenvalue weighted by Crippen LogP contribution is -2.30. The van der Waals surface area contributed by atoms with Crippen LogP contribution in [-0.2, 0) is 4.74 Å². The van der Waals surface area contributed by atoms with Crippen molar-refractivity contribution in [2.45, 2.75) is 31.5 Å². The van der Waals surface area contributed by atoms with Gasteiger partial charge in [-0.05, 0) is 6.92 Å². The average molecular weight is 280 g/mol. The zero-order valence-corrected chi connectivity index (χ0v) is 11.1. The van der Waals surface area contributed by atoms with Crippen molar-refractivity contribution in [3.8, 4) is 0 Å². The molecule has 0 radical (unpaired) electrons. The van der Waals surface area contributed by atoms with Crippen LogP contribution in [0.4, 0.5) is 11.8 Å². The van der Waals surface area contributed by atoms with Crippen LogP contribution in [0.3, 0.4) is 0 Å². The van der Waals surface area contributed by atoms with Gasteiger partial charge in [0.25, 0.3) is 0 Å². The number of aliphatic hydroxyl groups excluding tert-OH is 2. The summed E-state index contributed by atoms with van der Waals surface area (Å²) in [5.74, 6) is 0.670. The Bertz CT molecular complexity index is 644. The number of nitrogens with two attached hydrogens (primary N) is 1. The van der Waals surface area contributed by atoms with E-state index in [0.717, 1.165) is 0 Å². The van der Waals surface area contributed by atoms with Crippen LogP contribution in [-0.4, -0.2) is 55.1 Å². The molecule has 3 rings (SSSR count). The Hall–Kier alpha value is -1.97. The predicted molar refractivity (Wildman–Crippen MR) is 70.9 cm³/mol. The summed E-state index contributed by atoms with van der Waals surface area (Å²) >= 11 is 0. The SMILES string of the molecule is CNc1nc2c(N)ncnc2n1C1OC(C)C(O)C1O.